The Hall–Kier alpha value is -1.89. The van der Waals surface area contributed by atoms with Crippen molar-refractivity contribution in [1.82, 2.24) is 15.1 Å². The smallest absolute Gasteiger partial charge is 0.261 e. The number of thiophene rings is 1. The Labute approximate surface area is 145 Å². The van der Waals surface area contributed by atoms with E-state index in [1.807, 2.05) is 15.9 Å². The van der Waals surface area contributed by atoms with Gasteiger partial charge in [0, 0.05) is 50.9 Å². The first-order valence-electron chi connectivity index (χ1n) is 8.47. The van der Waals surface area contributed by atoms with Crippen LogP contribution in [-0.2, 0) is 22.6 Å². The second-order valence-electron chi connectivity index (χ2n) is 6.34. The zero-order chi connectivity index (χ0) is 17.1. The Balaban J connectivity index is 1.47. The maximum atomic E-state index is 12.3. The van der Waals surface area contributed by atoms with Gasteiger partial charge >= 0.3 is 0 Å². The van der Waals surface area contributed by atoms with Crippen LogP contribution in [0.15, 0.2) is 6.07 Å². The quantitative estimate of drug-likeness (QED) is 0.817. The Morgan fingerprint density at radius 3 is 2.83 bits per heavy atom. The molecule has 0 bridgehead atoms. The van der Waals surface area contributed by atoms with Gasteiger partial charge in [0.25, 0.3) is 5.91 Å². The minimum atomic E-state index is -0.0588. The highest BCUT2D eigenvalue weighted by Gasteiger charge is 2.23. The monoisotopic (exact) mass is 349 g/mol. The molecule has 1 aromatic rings. The maximum absolute atomic E-state index is 12.3. The molecule has 0 spiro atoms. The average Bonchev–Trinajstić information content (AvgIpc) is 3.16. The molecule has 7 heteroatoms. The van der Waals surface area contributed by atoms with Crippen molar-refractivity contribution in [2.75, 3.05) is 26.2 Å². The van der Waals surface area contributed by atoms with Gasteiger partial charge in [0.1, 0.15) is 0 Å². The lowest BCUT2D eigenvalue weighted by Gasteiger charge is -2.25. The lowest BCUT2D eigenvalue weighted by Crippen LogP contribution is -2.33. The summed E-state index contributed by atoms with van der Waals surface area (Å²) in [7, 11) is 0. The van der Waals surface area contributed by atoms with E-state index in [0.29, 0.717) is 30.9 Å². The maximum Gasteiger partial charge on any atom is 0.261 e. The van der Waals surface area contributed by atoms with Gasteiger partial charge in [0.05, 0.1) is 4.88 Å². The minimum absolute atomic E-state index is 0.0588. The topological polar surface area (TPSA) is 69.7 Å². The number of nitrogens with zero attached hydrogens (tertiary/aromatic N) is 2. The number of carbonyl (C=O) groups is 3. The molecule has 2 aliphatic heterocycles. The lowest BCUT2D eigenvalue weighted by molar-refractivity contribution is -0.130. The van der Waals surface area contributed by atoms with Crippen LogP contribution in [0.25, 0.3) is 0 Å². The number of nitrogens with one attached hydrogen (secondary N) is 1. The third-order valence-corrected chi connectivity index (χ3v) is 5.83. The number of carbonyl (C=O) groups excluding carboxylic acids is 3. The first kappa shape index (κ1) is 17.0. The van der Waals surface area contributed by atoms with Crippen molar-refractivity contribution in [3.63, 3.8) is 0 Å². The van der Waals surface area contributed by atoms with E-state index in [0.717, 1.165) is 37.9 Å². The summed E-state index contributed by atoms with van der Waals surface area (Å²) >= 11 is 1.53. The molecule has 1 saturated heterocycles. The fraction of sp³-hybridized carbons (Fsp3) is 0.588. The van der Waals surface area contributed by atoms with Crippen LogP contribution in [-0.4, -0.2) is 53.7 Å². The fourth-order valence-electron chi connectivity index (χ4n) is 3.21. The molecule has 24 heavy (non-hydrogen) atoms. The molecule has 3 amide bonds. The van der Waals surface area contributed by atoms with Crippen molar-refractivity contribution in [2.45, 2.75) is 39.2 Å². The van der Waals surface area contributed by atoms with Gasteiger partial charge in [-0.3, -0.25) is 14.4 Å². The standard InChI is InChI=1S/C17H23N3O3S/c1-12(21)20-9-5-14-13(11-20)10-15(24-14)17(23)18-6-3-8-19-7-2-4-16(19)22/h10H,2-9,11H2,1H3,(H,18,23). The molecule has 2 aliphatic rings. The number of hydrogen-bond acceptors (Lipinski definition) is 4. The van der Waals surface area contributed by atoms with E-state index in [4.69, 9.17) is 0 Å². The normalized spacial score (nSPS) is 17.1. The van der Waals surface area contributed by atoms with E-state index in [2.05, 4.69) is 5.32 Å². The molecule has 0 saturated carbocycles. The highest BCUT2D eigenvalue weighted by Crippen LogP contribution is 2.28. The molecule has 1 fully saturated rings. The summed E-state index contributed by atoms with van der Waals surface area (Å²) in [6.45, 7) is 5.05. The molecule has 130 valence electrons. The van der Waals surface area contributed by atoms with E-state index in [-0.39, 0.29) is 17.7 Å². The highest BCUT2D eigenvalue weighted by molar-refractivity contribution is 7.14. The second kappa shape index (κ2) is 7.34. The molecule has 6 nitrogen and oxygen atoms in total. The van der Waals surface area contributed by atoms with Crippen LogP contribution in [0.2, 0.25) is 0 Å². The van der Waals surface area contributed by atoms with Gasteiger partial charge in [0.2, 0.25) is 11.8 Å². The zero-order valence-corrected chi connectivity index (χ0v) is 14.8. The Bertz CT molecular complexity index is 656. The predicted octanol–water partition coefficient (Wildman–Crippen LogP) is 1.40. The molecule has 0 atom stereocenters. The predicted molar refractivity (Wildman–Crippen MR) is 91.9 cm³/mol. The van der Waals surface area contributed by atoms with Gasteiger partial charge in [-0.1, -0.05) is 0 Å². The van der Waals surface area contributed by atoms with E-state index in [1.54, 1.807) is 6.92 Å². The molecular formula is C17H23N3O3S. The number of hydrogen-bond donors (Lipinski definition) is 1. The molecule has 1 N–H and O–H groups in total. The second-order valence-corrected chi connectivity index (χ2v) is 7.48. The highest BCUT2D eigenvalue weighted by atomic mass is 32.1. The van der Waals surface area contributed by atoms with Crippen molar-refractivity contribution in [3.8, 4) is 0 Å². The average molecular weight is 349 g/mol. The third-order valence-electron chi connectivity index (χ3n) is 4.60. The van der Waals surface area contributed by atoms with Crippen molar-refractivity contribution >= 4 is 29.1 Å². The fourth-order valence-corrected chi connectivity index (χ4v) is 4.29. The van der Waals surface area contributed by atoms with Crippen molar-refractivity contribution in [1.29, 1.82) is 0 Å². The molecule has 3 heterocycles. The summed E-state index contributed by atoms with van der Waals surface area (Å²) in [5, 5.41) is 2.93. The molecule has 0 radical (unpaired) electrons. The van der Waals surface area contributed by atoms with Crippen LogP contribution >= 0.6 is 11.3 Å². The number of fused-ring (bicyclic) bond motifs is 1. The van der Waals surface area contributed by atoms with Crippen LogP contribution in [0.4, 0.5) is 0 Å². The number of amides is 3. The van der Waals surface area contributed by atoms with Gasteiger partial charge in [-0.2, -0.15) is 0 Å². The third kappa shape index (κ3) is 3.77. The van der Waals surface area contributed by atoms with E-state index in [1.165, 1.54) is 16.2 Å². The molecule has 0 aromatic carbocycles. The van der Waals surface area contributed by atoms with Crippen LogP contribution < -0.4 is 5.32 Å². The summed E-state index contributed by atoms with van der Waals surface area (Å²) in [5.74, 6) is 0.244. The van der Waals surface area contributed by atoms with Gasteiger partial charge in [-0.15, -0.1) is 11.3 Å². The Morgan fingerprint density at radius 2 is 2.12 bits per heavy atom. The number of likely N-dealkylation sites (tertiary alicyclic amines) is 1. The molecule has 0 aliphatic carbocycles. The van der Waals surface area contributed by atoms with E-state index < -0.39 is 0 Å². The first-order valence-corrected chi connectivity index (χ1v) is 9.29. The summed E-state index contributed by atoms with van der Waals surface area (Å²) in [5.41, 5.74) is 1.09. The summed E-state index contributed by atoms with van der Waals surface area (Å²) in [6.07, 6.45) is 3.21. The van der Waals surface area contributed by atoms with Gasteiger partial charge in [0.15, 0.2) is 0 Å². The van der Waals surface area contributed by atoms with Gasteiger partial charge in [-0.05, 0) is 30.9 Å². The number of rotatable bonds is 5. The SMILES string of the molecule is CC(=O)N1CCc2sc(C(=O)NCCCN3CCCC3=O)cc2C1. The summed E-state index contributed by atoms with van der Waals surface area (Å²) in [6, 6.07) is 1.91. The summed E-state index contributed by atoms with van der Waals surface area (Å²) in [4.78, 5) is 40.9. The van der Waals surface area contributed by atoms with Crippen LogP contribution in [0.3, 0.4) is 0 Å². The van der Waals surface area contributed by atoms with Crippen molar-refractivity contribution < 1.29 is 14.4 Å². The van der Waals surface area contributed by atoms with Gasteiger partial charge in [-0.25, -0.2) is 0 Å². The largest absolute Gasteiger partial charge is 0.351 e. The van der Waals surface area contributed by atoms with Crippen molar-refractivity contribution in [3.05, 3.63) is 21.4 Å². The van der Waals surface area contributed by atoms with Crippen LogP contribution in [0.1, 0.15) is 46.3 Å². The molecule has 0 unspecified atom stereocenters. The van der Waals surface area contributed by atoms with Crippen molar-refractivity contribution in [2.24, 2.45) is 0 Å². The molecule has 3 rings (SSSR count). The van der Waals surface area contributed by atoms with Gasteiger partial charge < -0.3 is 15.1 Å². The van der Waals surface area contributed by atoms with E-state index in [9.17, 15) is 14.4 Å². The van der Waals surface area contributed by atoms with Crippen LogP contribution in [0.5, 0.6) is 0 Å². The zero-order valence-electron chi connectivity index (χ0n) is 14.0. The molecule has 1 aromatic heterocycles. The molecular weight excluding hydrogens is 326 g/mol. The first-order chi connectivity index (χ1) is 11.5. The summed E-state index contributed by atoms with van der Waals surface area (Å²) < 4.78 is 0. The Morgan fingerprint density at radius 1 is 1.29 bits per heavy atom. The van der Waals surface area contributed by atoms with Crippen LogP contribution in [0, 0.1) is 0 Å². The minimum Gasteiger partial charge on any atom is -0.351 e. The lowest BCUT2D eigenvalue weighted by atomic mass is 10.1. The Kier molecular flexibility index (Phi) is 5.18. The van der Waals surface area contributed by atoms with E-state index >= 15 is 0 Å².